The van der Waals surface area contributed by atoms with E-state index in [0.29, 0.717) is 6.04 Å². The van der Waals surface area contributed by atoms with Gasteiger partial charge >= 0.3 is 0 Å². The molecule has 78 valence electrons. The monoisotopic (exact) mass is 211 g/mol. The predicted molar refractivity (Wildman–Crippen MR) is 63.0 cm³/mol. The average Bonchev–Trinajstić information content (AvgIpc) is 2.10. The molecule has 1 aromatic rings. The van der Waals surface area contributed by atoms with Crippen molar-refractivity contribution in [3.63, 3.8) is 0 Å². The number of nitrogens with one attached hydrogen (secondary N) is 1. The van der Waals surface area contributed by atoms with Gasteiger partial charge in [0.15, 0.2) is 0 Å². The standard InChI is InChI=1S/C12H18ClN/c1-9(2)14-7-6-11-4-5-12(13)10(3)8-11/h4-5,8-9,14H,6-7H2,1-3H3. The van der Waals surface area contributed by atoms with E-state index in [1.165, 1.54) is 5.56 Å². The lowest BCUT2D eigenvalue weighted by Gasteiger charge is -2.08. The molecule has 0 saturated carbocycles. The zero-order valence-electron chi connectivity index (χ0n) is 9.10. The van der Waals surface area contributed by atoms with Crippen LogP contribution in [0.25, 0.3) is 0 Å². The molecule has 1 N–H and O–H groups in total. The Kier molecular flexibility index (Phi) is 4.43. The highest BCUT2D eigenvalue weighted by Gasteiger charge is 1.98. The molecule has 0 fully saturated rings. The third kappa shape index (κ3) is 3.69. The van der Waals surface area contributed by atoms with E-state index in [4.69, 9.17) is 11.6 Å². The van der Waals surface area contributed by atoms with Crippen molar-refractivity contribution in [1.29, 1.82) is 0 Å². The molecule has 0 spiro atoms. The van der Waals surface area contributed by atoms with Crippen LogP contribution in [0.2, 0.25) is 5.02 Å². The molecule has 0 aromatic heterocycles. The molecule has 0 aliphatic rings. The lowest BCUT2D eigenvalue weighted by atomic mass is 10.1. The fourth-order valence-electron chi connectivity index (χ4n) is 1.37. The first-order valence-corrected chi connectivity index (χ1v) is 5.46. The molecule has 0 heterocycles. The summed E-state index contributed by atoms with van der Waals surface area (Å²) in [6.07, 6.45) is 1.07. The van der Waals surface area contributed by atoms with Crippen molar-refractivity contribution in [3.05, 3.63) is 34.3 Å². The zero-order chi connectivity index (χ0) is 10.6. The Bertz CT molecular complexity index is 294. The van der Waals surface area contributed by atoms with E-state index in [-0.39, 0.29) is 0 Å². The summed E-state index contributed by atoms with van der Waals surface area (Å²) in [6, 6.07) is 6.78. The van der Waals surface area contributed by atoms with Gasteiger partial charge < -0.3 is 5.32 Å². The topological polar surface area (TPSA) is 12.0 Å². The molecule has 0 saturated heterocycles. The lowest BCUT2D eigenvalue weighted by Crippen LogP contribution is -2.24. The first kappa shape index (κ1) is 11.5. The predicted octanol–water partition coefficient (Wildman–Crippen LogP) is 3.19. The van der Waals surface area contributed by atoms with Crippen LogP contribution in [0.4, 0.5) is 0 Å². The number of benzene rings is 1. The zero-order valence-corrected chi connectivity index (χ0v) is 9.86. The van der Waals surface area contributed by atoms with Gasteiger partial charge in [-0.25, -0.2) is 0 Å². The molecule has 0 unspecified atom stereocenters. The summed E-state index contributed by atoms with van der Waals surface area (Å²) in [5.74, 6) is 0. The van der Waals surface area contributed by atoms with E-state index < -0.39 is 0 Å². The summed E-state index contributed by atoms with van der Waals surface area (Å²) in [7, 11) is 0. The number of hydrogen-bond donors (Lipinski definition) is 1. The number of aryl methyl sites for hydroxylation is 1. The third-order valence-electron chi connectivity index (χ3n) is 2.19. The van der Waals surface area contributed by atoms with Crippen molar-refractivity contribution in [1.82, 2.24) is 5.32 Å². The molecular formula is C12H18ClN. The summed E-state index contributed by atoms with van der Waals surface area (Å²) >= 11 is 5.95. The largest absolute Gasteiger partial charge is 0.314 e. The summed E-state index contributed by atoms with van der Waals surface area (Å²) in [5.41, 5.74) is 2.51. The summed E-state index contributed by atoms with van der Waals surface area (Å²) in [5, 5.41) is 4.25. The minimum absolute atomic E-state index is 0.559. The highest BCUT2D eigenvalue weighted by molar-refractivity contribution is 6.31. The second-order valence-electron chi connectivity index (χ2n) is 3.94. The SMILES string of the molecule is Cc1cc(CCNC(C)C)ccc1Cl. The van der Waals surface area contributed by atoms with Crippen molar-refractivity contribution >= 4 is 11.6 Å². The van der Waals surface area contributed by atoms with Crippen LogP contribution in [0.1, 0.15) is 25.0 Å². The molecule has 1 nitrogen and oxygen atoms in total. The van der Waals surface area contributed by atoms with Gasteiger partial charge in [0, 0.05) is 11.1 Å². The van der Waals surface area contributed by atoms with E-state index in [1.54, 1.807) is 0 Å². The number of halogens is 1. The molecule has 14 heavy (non-hydrogen) atoms. The first-order chi connectivity index (χ1) is 6.59. The van der Waals surface area contributed by atoms with Gasteiger partial charge in [-0.1, -0.05) is 37.6 Å². The molecule has 0 amide bonds. The maximum atomic E-state index is 5.95. The Labute approximate surface area is 91.5 Å². The fraction of sp³-hybridized carbons (Fsp3) is 0.500. The van der Waals surface area contributed by atoms with Gasteiger partial charge in [0.05, 0.1) is 0 Å². The van der Waals surface area contributed by atoms with Crippen molar-refractivity contribution in [2.75, 3.05) is 6.54 Å². The van der Waals surface area contributed by atoms with Crippen molar-refractivity contribution in [2.45, 2.75) is 33.2 Å². The van der Waals surface area contributed by atoms with E-state index in [1.807, 2.05) is 13.0 Å². The van der Waals surface area contributed by atoms with Gasteiger partial charge in [-0.05, 0) is 37.1 Å². The molecule has 0 atom stereocenters. The van der Waals surface area contributed by atoms with Gasteiger partial charge in [0.2, 0.25) is 0 Å². The number of rotatable bonds is 4. The molecule has 1 aromatic carbocycles. The highest BCUT2D eigenvalue weighted by atomic mass is 35.5. The Morgan fingerprint density at radius 2 is 2.07 bits per heavy atom. The van der Waals surface area contributed by atoms with Gasteiger partial charge in [-0.2, -0.15) is 0 Å². The molecule has 0 radical (unpaired) electrons. The summed E-state index contributed by atoms with van der Waals surface area (Å²) < 4.78 is 0. The van der Waals surface area contributed by atoms with E-state index in [2.05, 4.69) is 31.3 Å². The van der Waals surface area contributed by atoms with Gasteiger partial charge in [0.1, 0.15) is 0 Å². The van der Waals surface area contributed by atoms with E-state index in [0.717, 1.165) is 23.6 Å². The Morgan fingerprint density at radius 1 is 1.36 bits per heavy atom. The Hall–Kier alpha value is -0.530. The fourth-order valence-corrected chi connectivity index (χ4v) is 1.49. The van der Waals surface area contributed by atoms with E-state index >= 15 is 0 Å². The highest BCUT2D eigenvalue weighted by Crippen LogP contribution is 2.16. The van der Waals surface area contributed by atoms with Gasteiger partial charge in [-0.15, -0.1) is 0 Å². The Balaban J connectivity index is 2.47. The molecule has 2 heteroatoms. The maximum absolute atomic E-state index is 5.95. The molecular weight excluding hydrogens is 194 g/mol. The van der Waals surface area contributed by atoms with Crippen LogP contribution in [0.5, 0.6) is 0 Å². The minimum atomic E-state index is 0.559. The average molecular weight is 212 g/mol. The second kappa shape index (κ2) is 5.38. The number of hydrogen-bond acceptors (Lipinski definition) is 1. The molecule has 0 aliphatic heterocycles. The first-order valence-electron chi connectivity index (χ1n) is 5.08. The van der Waals surface area contributed by atoms with Crippen LogP contribution in [0, 0.1) is 6.92 Å². The Morgan fingerprint density at radius 3 is 2.64 bits per heavy atom. The van der Waals surface area contributed by atoms with Crippen molar-refractivity contribution in [3.8, 4) is 0 Å². The summed E-state index contributed by atoms with van der Waals surface area (Å²) in [6.45, 7) is 7.39. The van der Waals surface area contributed by atoms with Crippen LogP contribution < -0.4 is 5.32 Å². The van der Waals surface area contributed by atoms with Crippen LogP contribution in [-0.2, 0) is 6.42 Å². The molecule has 0 bridgehead atoms. The van der Waals surface area contributed by atoms with Gasteiger partial charge in [-0.3, -0.25) is 0 Å². The van der Waals surface area contributed by atoms with Gasteiger partial charge in [0.25, 0.3) is 0 Å². The molecule has 1 rings (SSSR count). The van der Waals surface area contributed by atoms with E-state index in [9.17, 15) is 0 Å². The lowest BCUT2D eigenvalue weighted by molar-refractivity contribution is 0.590. The van der Waals surface area contributed by atoms with Crippen LogP contribution in [0.15, 0.2) is 18.2 Å². The van der Waals surface area contributed by atoms with Crippen LogP contribution in [-0.4, -0.2) is 12.6 Å². The quantitative estimate of drug-likeness (QED) is 0.807. The van der Waals surface area contributed by atoms with Crippen molar-refractivity contribution in [2.24, 2.45) is 0 Å². The molecule has 0 aliphatic carbocycles. The normalized spacial score (nSPS) is 10.9. The smallest absolute Gasteiger partial charge is 0.0435 e. The van der Waals surface area contributed by atoms with Crippen LogP contribution in [0.3, 0.4) is 0 Å². The minimum Gasteiger partial charge on any atom is -0.314 e. The van der Waals surface area contributed by atoms with Crippen molar-refractivity contribution < 1.29 is 0 Å². The third-order valence-corrected chi connectivity index (χ3v) is 2.61. The second-order valence-corrected chi connectivity index (χ2v) is 4.35. The summed E-state index contributed by atoms with van der Waals surface area (Å²) in [4.78, 5) is 0. The van der Waals surface area contributed by atoms with Crippen LogP contribution >= 0.6 is 11.6 Å². The maximum Gasteiger partial charge on any atom is 0.0435 e.